The first kappa shape index (κ1) is 23.8. The Hall–Kier alpha value is -3.27. The minimum absolute atomic E-state index is 0.140. The van der Waals surface area contributed by atoms with Crippen LogP contribution in [0, 0.1) is 17.5 Å². The van der Waals surface area contributed by atoms with Crippen molar-refractivity contribution in [2.75, 3.05) is 20.1 Å². The average Bonchev–Trinajstić information content (AvgIpc) is 3.40. The first-order chi connectivity index (χ1) is 18.1. The van der Waals surface area contributed by atoms with Crippen LogP contribution in [0.1, 0.15) is 49.3 Å². The van der Waals surface area contributed by atoms with Crippen LogP contribution in [0.25, 0.3) is 11.2 Å². The Balaban J connectivity index is 1.29. The number of likely N-dealkylation sites (N-methyl/N-ethyl adjacent to an activating group) is 1. The fraction of sp³-hybridized carbons (Fsp3) is 0.464. The third-order valence-corrected chi connectivity index (χ3v) is 8.82. The van der Waals surface area contributed by atoms with E-state index in [0.29, 0.717) is 29.1 Å². The number of pyridine rings is 1. The first-order valence-electron chi connectivity index (χ1n) is 13.1. The smallest absolute Gasteiger partial charge is 0.298 e. The van der Waals surface area contributed by atoms with Gasteiger partial charge in [0, 0.05) is 32.0 Å². The molecular formula is C28H29F3N6O+. The van der Waals surface area contributed by atoms with Crippen molar-refractivity contribution in [1.29, 1.82) is 0 Å². The SMILES string of the molecule is CC1CC([C]2N=NC=[N+]2C)(c2cccc(-n3cc4c(C(F)(F)F)cc(CN5CC6(CC6)C5)cn4c3=O)c2)C1. The molecule has 2 aliphatic carbocycles. The summed E-state index contributed by atoms with van der Waals surface area (Å²) >= 11 is 0. The van der Waals surface area contributed by atoms with Crippen LogP contribution in [0.2, 0.25) is 0 Å². The van der Waals surface area contributed by atoms with Crippen molar-refractivity contribution in [3.05, 3.63) is 76.1 Å². The molecule has 3 aromatic rings. The average molecular weight is 523 g/mol. The summed E-state index contributed by atoms with van der Waals surface area (Å²) in [7, 11) is 1.91. The molecule has 7 rings (SSSR count). The summed E-state index contributed by atoms with van der Waals surface area (Å²) in [5.74, 6) is 0.504. The standard InChI is InChI=1S/C28H29F3N6O/c1-18-10-27(11-18,24-33-32-17-34(24)2)20-4-3-5-21(9-20)36-14-23-22(28(29,30)31)8-19(13-37(23)25(36)38)12-35-15-26(16-35)6-7-26/h3-5,8-9,13-14,17-18H,6-7,10-12,15-16H2,1-2H3/q+1. The van der Waals surface area contributed by atoms with Crippen LogP contribution in [-0.4, -0.2) is 44.9 Å². The molecule has 7 nitrogen and oxygen atoms in total. The van der Waals surface area contributed by atoms with E-state index in [1.165, 1.54) is 29.7 Å². The molecule has 2 aromatic heterocycles. The van der Waals surface area contributed by atoms with Gasteiger partial charge in [0.25, 0.3) is 0 Å². The van der Waals surface area contributed by atoms with Crippen LogP contribution >= 0.6 is 0 Å². The molecule has 3 fully saturated rings. The van der Waals surface area contributed by atoms with E-state index < -0.39 is 17.4 Å². The van der Waals surface area contributed by atoms with Gasteiger partial charge in [-0.25, -0.2) is 9.37 Å². The monoisotopic (exact) mass is 522 g/mol. The Bertz CT molecular complexity index is 1560. The van der Waals surface area contributed by atoms with Gasteiger partial charge in [-0.1, -0.05) is 19.1 Å². The van der Waals surface area contributed by atoms with Crippen molar-refractivity contribution < 1.29 is 17.7 Å². The molecule has 38 heavy (non-hydrogen) atoms. The molecule has 1 saturated heterocycles. The number of imidazole rings is 1. The van der Waals surface area contributed by atoms with Gasteiger partial charge >= 0.3 is 24.4 Å². The molecule has 4 aliphatic rings. The summed E-state index contributed by atoms with van der Waals surface area (Å²) in [5, 5.41) is 8.45. The number of hydrogen-bond acceptors (Lipinski definition) is 4. The molecule has 1 spiro atoms. The molecule has 1 radical (unpaired) electrons. The van der Waals surface area contributed by atoms with Gasteiger partial charge < -0.3 is 0 Å². The summed E-state index contributed by atoms with van der Waals surface area (Å²) in [6, 6.07) is 8.73. The molecule has 2 aliphatic heterocycles. The number of benzene rings is 1. The fourth-order valence-corrected chi connectivity index (χ4v) is 6.86. The second-order valence-corrected chi connectivity index (χ2v) is 11.9. The topological polar surface area (TPSA) is 57.4 Å². The van der Waals surface area contributed by atoms with E-state index in [4.69, 9.17) is 0 Å². The van der Waals surface area contributed by atoms with Gasteiger partial charge in [0.1, 0.15) is 0 Å². The largest absolute Gasteiger partial charge is 0.418 e. The van der Waals surface area contributed by atoms with Gasteiger partial charge in [-0.15, -0.1) is 0 Å². The molecule has 0 N–H and O–H groups in total. The molecular weight excluding hydrogens is 493 g/mol. The van der Waals surface area contributed by atoms with Gasteiger partial charge in [0.2, 0.25) is 0 Å². The van der Waals surface area contributed by atoms with Crippen LogP contribution in [0.4, 0.5) is 13.2 Å². The van der Waals surface area contributed by atoms with E-state index in [-0.39, 0.29) is 10.9 Å². The quantitative estimate of drug-likeness (QED) is 0.443. The van der Waals surface area contributed by atoms with Crippen LogP contribution in [-0.2, 0) is 18.1 Å². The number of likely N-dealkylation sites (tertiary alicyclic amines) is 1. The second kappa shape index (κ2) is 7.88. The third kappa shape index (κ3) is 3.60. The lowest BCUT2D eigenvalue weighted by molar-refractivity contribution is -0.489. The highest BCUT2D eigenvalue weighted by Crippen LogP contribution is 2.55. The molecule has 1 aromatic carbocycles. The van der Waals surface area contributed by atoms with E-state index in [2.05, 4.69) is 22.1 Å². The Labute approximate surface area is 217 Å². The summed E-state index contributed by atoms with van der Waals surface area (Å²) in [6.07, 6.45) is 5.01. The number of aromatic nitrogens is 2. The highest BCUT2D eigenvalue weighted by atomic mass is 19.4. The summed E-state index contributed by atoms with van der Waals surface area (Å²) in [5.41, 5.74) is 0.638. The summed E-state index contributed by atoms with van der Waals surface area (Å²) < 4.78 is 46.9. The number of halogens is 3. The molecule has 10 heteroatoms. The fourth-order valence-electron chi connectivity index (χ4n) is 6.86. The molecule has 2 saturated carbocycles. The number of alkyl halides is 3. The highest BCUT2D eigenvalue weighted by Gasteiger charge is 2.56. The lowest BCUT2D eigenvalue weighted by Gasteiger charge is -2.46. The maximum atomic E-state index is 14.2. The Morgan fingerprint density at radius 1 is 1.13 bits per heavy atom. The van der Waals surface area contributed by atoms with Crippen molar-refractivity contribution in [1.82, 2.24) is 13.9 Å². The maximum absolute atomic E-state index is 14.2. The normalized spacial score (nSPS) is 26.6. The Morgan fingerprint density at radius 2 is 1.89 bits per heavy atom. The van der Waals surface area contributed by atoms with Crippen LogP contribution in [0.3, 0.4) is 0 Å². The van der Waals surface area contributed by atoms with Gasteiger partial charge in [0.05, 0.1) is 34.3 Å². The predicted molar refractivity (Wildman–Crippen MR) is 135 cm³/mol. The zero-order valence-electron chi connectivity index (χ0n) is 21.4. The maximum Gasteiger partial charge on any atom is 0.418 e. The molecule has 0 unspecified atom stereocenters. The van der Waals surface area contributed by atoms with E-state index in [9.17, 15) is 18.0 Å². The Morgan fingerprint density at radius 3 is 2.53 bits per heavy atom. The predicted octanol–water partition coefficient (Wildman–Crippen LogP) is 5.00. The molecule has 0 atom stereocenters. The van der Waals surface area contributed by atoms with Crippen molar-refractivity contribution in [2.45, 2.75) is 50.7 Å². The third-order valence-electron chi connectivity index (χ3n) is 8.82. The molecule has 0 bridgehead atoms. The number of fused-ring (bicyclic) bond motifs is 1. The second-order valence-electron chi connectivity index (χ2n) is 11.9. The number of hydrogen-bond donors (Lipinski definition) is 0. The van der Waals surface area contributed by atoms with Gasteiger partial charge in [-0.05, 0) is 71.5 Å². The van der Waals surface area contributed by atoms with E-state index >= 15 is 0 Å². The van der Waals surface area contributed by atoms with Crippen molar-refractivity contribution in [3.8, 4) is 5.69 Å². The number of nitrogens with zero attached hydrogens (tertiary/aromatic N) is 6. The summed E-state index contributed by atoms with van der Waals surface area (Å²) in [4.78, 5) is 15.7. The van der Waals surface area contributed by atoms with Gasteiger partial charge in [-0.2, -0.15) is 13.2 Å². The van der Waals surface area contributed by atoms with E-state index in [0.717, 1.165) is 42.1 Å². The van der Waals surface area contributed by atoms with Crippen molar-refractivity contribution >= 4 is 11.9 Å². The molecule has 4 heterocycles. The van der Waals surface area contributed by atoms with Crippen LogP contribution in [0.15, 0.2) is 57.7 Å². The van der Waals surface area contributed by atoms with E-state index in [1.807, 2.05) is 29.8 Å². The summed E-state index contributed by atoms with van der Waals surface area (Å²) in [6.45, 7) is 4.43. The van der Waals surface area contributed by atoms with Gasteiger partial charge in [0.15, 0.2) is 0 Å². The number of azo groups is 1. The van der Waals surface area contributed by atoms with E-state index in [1.54, 1.807) is 18.6 Å². The zero-order valence-corrected chi connectivity index (χ0v) is 21.4. The lowest BCUT2D eigenvalue weighted by atomic mass is 9.57. The van der Waals surface area contributed by atoms with Gasteiger partial charge in [-0.3, -0.25) is 13.9 Å². The first-order valence-corrected chi connectivity index (χ1v) is 13.1. The van der Waals surface area contributed by atoms with Crippen LogP contribution in [0.5, 0.6) is 0 Å². The molecule has 197 valence electrons. The Kier molecular flexibility index (Phi) is 4.94. The minimum Gasteiger partial charge on any atom is -0.298 e. The lowest BCUT2D eigenvalue weighted by Crippen LogP contribution is -2.47. The van der Waals surface area contributed by atoms with Crippen molar-refractivity contribution in [2.24, 2.45) is 21.6 Å². The van der Waals surface area contributed by atoms with Crippen molar-refractivity contribution in [3.63, 3.8) is 0 Å². The minimum atomic E-state index is -4.58. The molecule has 0 amide bonds. The zero-order chi connectivity index (χ0) is 26.4. The van der Waals surface area contributed by atoms with Crippen LogP contribution < -0.4 is 5.69 Å². The highest BCUT2D eigenvalue weighted by molar-refractivity contribution is 5.58. The number of rotatable bonds is 5.